The number of benzene rings is 2. The summed E-state index contributed by atoms with van der Waals surface area (Å²) in [7, 11) is -2.84. The first-order valence-electron chi connectivity index (χ1n) is 7.26. The standard InChI is InChI=1S/C16H15ClF2N2O4S/c1-9(16(22)20-11-4-5-12(18)13(19)8-11)21-26(23,24)15-7-10(17)3-6-14(15)25-2/h3-9,21H,1-2H3,(H,20,22). The minimum atomic E-state index is -4.13. The Bertz CT molecular complexity index is 938. The van der Waals surface area contributed by atoms with Crippen molar-refractivity contribution in [1.82, 2.24) is 4.72 Å². The smallest absolute Gasteiger partial charge is 0.245 e. The van der Waals surface area contributed by atoms with Gasteiger partial charge in [-0.2, -0.15) is 4.72 Å². The fourth-order valence-electron chi connectivity index (χ4n) is 2.03. The van der Waals surface area contributed by atoms with Gasteiger partial charge in [-0.3, -0.25) is 4.79 Å². The molecule has 1 atom stereocenters. The average molecular weight is 405 g/mol. The molecule has 0 radical (unpaired) electrons. The Balaban J connectivity index is 2.17. The number of anilines is 1. The van der Waals surface area contributed by atoms with E-state index >= 15 is 0 Å². The summed E-state index contributed by atoms with van der Waals surface area (Å²) in [6.07, 6.45) is 0. The molecule has 2 aromatic carbocycles. The van der Waals surface area contributed by atoms with E-state index in [2.05, 4.69) is 10.0 Å². The number of ether oxygens (including phenoxy) is 1. The quantitative estimate of drug-likeness (QED) is 0.775. The van der Waals surface area contributed by atoms with Gasteiger partial charge in [0.05, 0.1) is 13.2 Å². The predicted molar refractivity (Wildman–Crippen MR) is 92.8 cm³/mol. The Labute approximate surface area is 154 Å². The molecule has 2 N–H and O–H groups in total. The molecule has 1 amide bonds. The van der Waals surface area contributed by atoms with E-state index in [0.717, 1.165) is 18.2 Å². The van der Waals surface area contributed by atoms with Crippen molar-refractivity contribution >= 4 is 33.2 Å². The van der Waals surface area contributed by atoms with Crippen molar-refractivity contribution in [3.8, 4) is 5.75 Å². The molecule has 2 rings (SSSR count). The second-order valence-corrected chi connectivity index (χ2v) is 7.38. The Kier molecular flexibility index (Phi) is 6.17. The molecule has 0 aliphatic carbocycles. The summed E-state index contributed by atoms with van der Waals surface area (Å²) >= 11 is 5.82. The number of amides is 1. The van der Waals surface area contributed by atoms with Crippen molar-refractivity contribution in [3.05, 3.63) is 53.1 Å². The van der Waals surface area contributed by atoms with Crippen molar-refractivity contribution in [2.24, 2.45) is 0 Å². The van der Waals surface area contributed by atoms with Gasteiger partial charge in [0.15, 0.2) is 11.6 Å². The zero-order chi connectivity index (χ0) is 19.5. The summed E-state index contributed by atoms with van der Waals surface area (Å²) in [4.78, 5) is 11.9. The van der Waals surface area contributed by atoms with Crippen molar-refractivity contribution in [2.45, 2.75) is 17.9 Å². The zero-order valence-corrected chi connectivity index (χ0v) is 15.3. The molecule has 1 unspecified atom stereocenters. The van der Waals surface area contributed by atoms with Gasteiger partial charge < -0.3 is 10.1 Å². The van der Waals surface area contributed by atoms with Gasteiger partial charge in [0.1, 0.15) is 10.6 Å². The lowest BCUT2D eigenvalue weighted by molar-refractivity contribution is -0.117. The van der Waals surface area contributed by atoms with Gasteiger partial charge in [0, 0.05) is 16.8 Å². The Hall–Kier alpha value is -2.23. The summed E-state index contributed by atoms with van der Waals surface area (Å²) in [5.41, 5.74) is -0.0136. The Morgan fingerprint density at radius 1 is 1.15 bits per heavy atom. The maximum atomic E-state index is 13.2. The third-order valence-corrected chi connectivity index (χ3v) is 5.12. The van der Waals surface area contributed by atoms with Crippen molar-refractivity contribution in [2.75, 3.05) is 12.4 Å². The lowest BCUT2D eigenvalue weighted by Gasteiger charge is -2.16. The Morgan fingerprint density at radius 2 is 1.85 bits per heavy atom. The molecule has 0 saturated carbocycles. The summed E-state index contributed by atoms with van der Waals surface area (Å²) in [5.74, 6) is -2.92. The second kappa shape index (κ2) is 7.98. The molecule has 0 aliphatic rings. The van der Waals surface area contributed by atoms with Crippen LogP contribution in [0.1, 0.15) is 6.92 Å². The van der Waals surface area contributed by atoms with E-state index in [1.54, 1.807) is 0 Å². The molecular formula is C16H15ClF2N2O4S. The highest BCUT2D eigenvalue weighted by atomic mass is 35.5. The first kappa shape index (κ1) is 20.1. The SMILES string of the molecule is COc1ccc(Cl)cc1S(=O)(=O)NC(C)C(=O)Nc1ccc(F)c(F)c1. The van der Waals surface area contributed by atoms with E-state index < -0.39 is 33.6 Å². The summed E-state index contributed by atoms with van der Waals surface area (Å²) in [5, 5.41) is 2.47. The van der Waals surface area contributed by atoms with Crippen LogP contribution in [0.5, 0.6) is 5.75 Å². The maximum absolute atomic E-state index is 13.2. The molecule has 10 heteroatoms. The van der Waals surface area contributed by atoms with Gasteiger partial charge >= 0.3 is 0 Å². The number of hydrogen-bond donors (Lipinski definition) is 2. The van der Waals surface area contributed by atoms with Crippen molar-refractivity contribution in [1.29, 1.82) is 0 Å². The van der Waals surface area contributed by atoms with Gasteiger partial charge in [-0.25, -0.2) is 17.2 Å². The minimum Gasteiger partial charge on any atom is -0.495 e. The van der Waals surface area contributed by atoms with Gasteiger partial charge in [-0.15, -0.1) is 0 Å². The zero-order valence-electron chi connectivity index (χ0n) is 13.7. The third kappa shape index (κ3) is 4.69. The van der Waals surface area contributed by atoms with E-state index in [4.69, 9.17) is 16.3 Å². The molecule has 26 heavy (non-hydrogen) atoms. The fourth-order valence-corrected chi connectivity index (χ4v) is 3.67. The van der Waals surface area contributed by atoms with E-state index in [0.29, 0.717) is 0 Å². The lowest BCUT2D eigenvalue weighted by Crippen LogP contribution is -2.41. The van der Waals surface area contributed by atoms with E-state index in [9.17, 15) is 22.0 Å². The van der Waals surface area contributed by atoms with Crippen LogP contribution < -0.4 is 14.8 Å². The molecule has 140 valence electrons. The molecule has 0 fully saturated rings. The average Bonchev–Trinajstić information content (AvgIpc) is 2.57. The number of halogens is 3. The molecule has 0 aliphatic heterocycles. The highest BCUT2D eigenvalue weighted by molar-refractivity contribution is 7.89. The number of carbonyl (C=O) groups excluding carboxylic acids is 1. The molecule has 0 spiro atoms. The number of methoxy groups -OCH3 is 1. The van der Waals surface area contributed by atoms with Gasteiger partial charge in [0.2, 0.25) is 15.9 Å². The second-order valence-electron chi connectivity index (χ2n) is 5.26. The van der Waals surface area contributed by atoms with E-state index in [1.165, 1.54) is 32.2 Å². The van der Waals surface area contributed by atoms with Crippen LogP contribution in [0.2, 0.25) is 5.02 Å². The number of sulfonamides is 1. The number of carbonyl (C=O) groups is 1. The third-order valence-electron chi connectivity index (χ3n) is 3.33. The first-order chi connectivity index (χ1) is 12.1. The molecule has 6 nitrogen and oxygen atoms in total. The molecule has 0 aromatic heterocycles. The minimum absolute atomic E-state index is 0.0136. The van der Waals surface area contributed by atoms with Crippen LogP contribution in [-0.4, -0.2) is 27.5 Å². The van der Waals surface area contributed by atoms with Crippen molar-refractivity contribution < 1.29 is 26.7 Å². The van der Waals surface area contributed by atoms with Crippen LogP contribution in [0.4, 0.5) is 14.5 Å². The van der Waals surface area contributed by atoms with Gasteiger partial charge in [-0.1, -0.05) is 11.6 Å². The summed E-state index contributed by atoms with van der Waals surface area (Å²) < 4.78 is 58.2. The molecule has 2 aromatic rings. The van der Waals surface area contributed by atoms with Gasteiger partial charge in [-0.05, 0) is 37.3 Å². The molecule has 0 heterocycles. The van der Waals surface area contributed by atoms with Crippen LogP contribution in [0.25, 0.3) is 0 Å². The van der Waals surface area contributed by atoms with Crippen LogP contribution in [0.15, 0.2) is 41.3 Å². The van der Waals surface area contributed by atoms with Crippen LogP contribution in [0.3, 0.4) is 0 Å². The first-order valence-corrected chi connectivity index (χ1v) is 9.12. The fraction of sp³-hybridized carbons (Fsp3) is 0.188. The van der Waals surface area contributed by atoms with Crippen LogP contribution in [-0.2, 0) is 14.8 Å². The summed E-state index contributed by atoms with van der Waals surface area (Å²) in [6.45, 7) is 1.30. The van der Waals surface area contributed by atoms with Crippen molar-refractivity contribution in [3.63, 3.8) is 0 Å². The molecule has 0 saturated heterocycles. The largest absolute Gasteiger partial charge is 0.495 e. The number of nitrogens with one attached hydrogen (secondary N) is 2. The van der Waals surface area contributed by atoms with Crippen LogP contribution in [0, 0.1) is 11.6 Å². The van der Waals surface area contributed by atoms with E-state index in [-0.39, 0.29) is 21.4 Å². The predicted octanol–water partition coefficient (Wildman–Crippen LogP) is 2.93. The molecular weight excluding hydrogens is 390 g/mol. The Morgan fingerprint density at radius 3 is 2.46 bits per heavy atom. The normalized spacial score (nSPS) is 12.5. The monoisotopic (exact) mass is 404 g/mol. The lowest BCUT2D eigenvalue weighted by atomic mass is 10.2. The highest BCUT2D eigenvalue weighted by Crippen LogP contribution is 2.27. The van der Waals surface area contributed by atoms with Crippen LogP contribution >= 0.6 is 11.6 Å². The number of hydrogen-bond acceptors (Lipinski definition) is 4. The van der Waals surface area contributed by atoms with E-state index in [1.807, 2.05) is 0 Å². The number of rotatable bonds is 6. The summed E-state index contributed by atoms with van der Waals surface area (Å²) in [6, 6.07) is 5.59. The molecule has 0 bridgehead atoms. The highest BCUT2D eigenvalue weighted by Gasteiger charge is 2.25. The van der Waals surface area contributed by atoms with Gasteiger partial charge in [0.25, 0.3) is 0 Å². The maximum Gasteiger partial charge on any atom is 0.245 e. The topological polar surface area (TPSA) is 84.5 Å².